The zero-order valence-electron chi connectivity index (χ0n) is 13.7. The van der Waals surface area contributed by atoms with Crippen LogP contribution in [-0.4, -0.2) is 20.1 Å². The Kier molecular flexibility index (Phi) is 6.02. The summed E-state index contributed by atoms with van der Waals surface area (Å²) < 4.78 is 39.7. The first-order valence-electron chi connectivity index (χ1n) is 7.49. The Bertz CT molecular complexity index is 887. The Morgan fingerprint density at radius 1 is 1.20 bits per heavy atom. The van der Waals surface area contributed by atoms with Crippen LogP contribution in [0.5, 0.6) is 0 Å². The van der Waals surface area contributed by atoms with Gasteiger partial charge in [0.2, 0.25) is 15.9 Å². The standard InChI is InChI=1S/C17H18ClFN2O3S/c1-11-6-7-14(9-16(11)18)20-17(22)12(2)10-25(23,24)21-15-5-3-4-13(19)8-15/h3-9,12,21H,10H2,1-2H3,(H,20,22). The van der Waals surface area contributed by atoms with E-state index in [1.807, 2.05) is 6.92 Å². The summed E-state index contributed by atoms with van der Waals surface area (Å²) in [5.41, 5.74) is 1.47. The van der Waals surface area contributed by atoms with Gasteiger partial charge in [-0.1, -0.05) is 30.7 Å². The number of halogens is 2. The van der Waals surface area contributed by atoms with Crippen LogP contribution in [0.4, 0.5) is 15.8 Å². The molecule has 2 N–H and O–H groups in total. The first kappa shape index (κ1) is 19.2. The number of rotatable bonds is 6. The smallest absolute Gasteiger partial charge is 0.233 e. The average molecular weight is 385 g/mol. The summed E-state index contributed by atoms with van der Waals surface area (Å²) in [6.07, 6.45) is 0. The van der Waals surface area contributed by atoms with Crippen LogP contribution in [0.1, 0.15) is 12.5 Å². The second-order valence-corrected chi connectivity index (χ2v) is 7.92. The maximum Gasteiger partial charge on any atom is 0.233 e. The van der Waals surface area contributed by atoms with E-state index >= 15 is 0 Å². The summed E-state index contributed by atoms with van der Waals surface area (Å²) in [7, 11) is -3.81. The van der Waals surface area contributed by atoms with Crippen LogP contribution in [0.3, 0.4) is 0 Å². The number of aryl methyl sites for hydroxylation is 1. The zero-order chi connectivity index (χ0) is 18.6. The molecule has 0 spiro atoms. The second kappa shape index (κ2) is 7.84. The molecule has 0 radical (unpaired) electrons. The topological polar surface area (TPSA) is 75.3 Å². The van der Waals surface area contributed by atoms with E-state index in [0.29, 0.717) is 10.7 Å². The number of nitrogens with one attached hydrogen (secondary N) is 2. The van der Waals surface area contributed by atoms with Crippen molar-refractivity contribution in [1.82, 2.24) is 0 Å². The molecule has 1 amide bonds. The molecule has 0 fully saturated rings. The molecule has 25 heavy (non-hydrogen) atoms. The third-order valence-corrected chi connectivity index (χ3v) is 5.35. The lowest BCUT2D eigenvalue weighted by atomic mass is 10.2. The minimum absolute atomic E-state index is 0.109. The number of hydrogen-bond acceptors (Lipinski definition) is 3. The van der Waals surface area contributed by atoms with Gasteiger partial charge < -0.3 is 5.32 Å². The van der Waals surface area contributed by atoms with Crippen LogP contribution in [0, 0.1) is 18.7 Å². The summed E-state index contributed by atoms with van der Waals surface area (Å²) >= 11 is 6.00. The molecule has 0 aliphatic rings. The minimum Gasteiger partial charge on any atom is -0.326 e. The van der Waals surface area contributed by atoms with Crippen molar-refractivity contribution < 1.29 is 17.6 Å². The number of hydrogen-bond donors (Lipinski definition) is 2. The van der Waals surface area contributed by atoms with Gasteiger partial charge in [-0.3, -0.25) is 9.52 Å². The fraction of sp³-hybridized carbons (Fsp3) is 0.235. The van der Waals surface area contributed by atoms with Gasteiger partial charge in [-0.15, -0.1) is 0 Å². The van der Waals surface area contributed by atoms with Crippen LogP contribution >= 0.6 is 11.6 Å². The molecule has 2 rings (SSSR count). The van der Waals surface area contributed by atoms with Crippen molar-refractivity contribution in [3.05, 3.63) is 58.9 Å². The number of anilines is 2. The number of carbonyl (C=O) groups excluding carboxylic acids is 1. The fourth-order valence-electron chi connectivity index (χ4n) is 2.11. The van der Waals surface area contributed by atoms with Gasteiger partial charge in [0, 0.05) is 10.7 Å². The van der Waals surface area contributed by atoms with E-state index in [9.17, 15) is 17.6 Å². The highest BCUT2D eigenvalue weighted by molar-refractivity contribution is 7.92. The summed E-state index contributed by atoms with van der Waals surface area (Å²) in [6.45, 7) is 3.33. The van der Waals surface area contributed by atoms with E-state index in [-0.39, 0.29) is 5.69 Å². The van der Waals surface area contributed by atoms with Crippen LogP contribution < -0.4 is 10.0 Å². The molecular weight excluding hydrogens is 367 g/mol. The summed E-state index contributed by atoms with van der Waals surface area (Å²) in [5.74, 6) is -2.26. The maximum absolute atomic E-state index is 13.1. The molecule has 5 nitrogen and oxygen atoms in total. The Morgan fingerprint density at radius 3 is 2.56 bits per heavy atom. The second-order valence-electron chi connectivity index (χ2n) is 5.75. The zero-order valence-corrected chi connectivity index (χ0v) is 15.3. The van der Waals surface area contributed by atoms with Crippen LogP contribution in [-0.2, 0) is 14.8 Å². The Morgan fingerprint density at radius 2 is 1.92 bits per heavy atom. The lowest BCUT2D eigenvalue weighted by Crippen LogP contribution is -2.29. The summed E-state index contributed by atoms with van der Waals surface area (Å²) in [5, 5.41) is 3.14. The van der Waals surface area contributed by atoms with Crippen LogP contribution in [0.15, 0.2) is 42.5 Å². The molecule has 1 atom stereocenters. The van der Waals surface area contributed by atoms with Crippen molar-refractivity contribution in [2.45, 2.75) is 13.8 Å². The van der Waals surface area contributed by atoms with Gasteiger partial charge in [0.05, 0.1) is 17.4 Å². The predicted octanol–water partition coefficient (Wildman–Crippen LogP) is 3.80. The number of benzene rings is 2. The number of sulfonamides is 1. The van der Waals surface area contributed by atoms with Gasteiger partial charge in [-0.05, 0) is 42.8 Å². The van der Waals surface area contributed by atoms with Crippen molar-refractivity contribution in [2.75, 3.05) is 15.8 Å². The molecule has 1 unspecified atom stereocenters. The summed E-state index contributed by atoms with van der Waals surface area (Å²) in [4.78, 5) is 12.2. The first-order valence-corrected chi connectivity index (χ1v) is 9.52. The van der Waals surface area contributed by atoms with Crippen LogP contribution in [0.2, 0.25) is 5.02 Å². The average Bonchev–Trinajstić information content (AvgIpc) is 2.50. The first-order chi connectivity index (χ1) is 11.7. The van der Waals surface area contributed by atoms with Crippen molar-refractivity contribution >= 4 is 38.9 Å². The molecule has 8 heteroatoms. The monoisotopic (exact) mass is 384 g/mol. The molecule has 0 aliphatic heterocycles. The maximum atomic E-state index is 13.1. The van der Waals surface area contributed by atoms with E-state index in [4.69, 9.17) is 11.6 Å². The molecule has 0 saturated heterocycles. The van der Waals surface area contributed by atoms with E-state index in [0.717, 1.165) is 11.6 Å². The quantitative estimate of drug-likeness (QED) is 0.795. The van der Waals surface area contributed by atoms with Crippen molar-refractivity contribution in [3.8, 4) is 0 Å². The molecule has 0 aromatic heterocycles. The molecule has 0 bridgehead atoms. The van der Waals surface area contributed by atoms with Crippen molar-refractivity contribution in [3.63, 3.8) is 0 Å². The third kappa shape index (κ3) is 5.72. The summed E-state index contributed by atoms with van der Waals surface area (Å²) in [6, 6.07) is 10.1. The van der Waals surface area contributed by atoms with E-state index < -0.39 is 33.4 Å². The Hall–Kier alpha value is -2.12. The Labute approximate surface area is 151 Å². The lowest BCUT2D eigenvalue weighted by Gasteiger charge is -2.14. The number of carbonyl (C=O) groups is 1. The van der Waals surface area contributed by atoms with Crippen molar-refractivity contribution in [1.29, 1.82) is 0 Å². The van der Waals surface area contributed by atoms with E-state index in [1.165, 1.54) is 25.1 Å². The van der Waals surface area contributed by atoms with Gasteiger partial charge in [0.1, 0.15) is 5.82 Å². The highest BCUT2D eigenvalue weighted by Gasteiger charge is 2.22. The number of amides is 1. The SMILES string of the molecule is Cc1ccc(NC(=O)C(C)CS(=O)(=O)Nc2cccc(F)c2)cc1Cl. The molecule has 2 aromatic carbocycles. The molecule has 0 heterocycles. The third-order valence-electron chi connectivity index (χ3n) is 3.45. The highest BCUT2D eigenvalue weighted by Crippen LogP contribution is 2.21. The molecule has 134 valence electrons. The van der Waals surface area contributed by atoms with Gasteiger partial charge >= 0.3 is 0 Å². The Balaban J connectivity index is 2.00. The lowest BCUT2D eigenvalue weighted by molar-refractivity contribution is -0.118. The van der Waals surface area contributed by atoms with Crippen molar-refractivity contribution in [2.24, 2.45) is 5.92 Å². The minimum atomic E-state index is -3.81. The molecule has 0 aliphatic carbocycles. The van der Waals surface area contributed by atoms with Gasteiger partial charge in [-0.2, -0.15) is 0 Å². The molecular formula is C17H18ClFN2O3S. The van der Waals surface area contributed by atoms with Crippen LogP contribution in [0.25, 0.3) is 0 Å². The van der Waals surface area contributed by atoms with E-state index in [2.05, 4.69) is 10.0 Å². The molecule has 2 aromatic rings. The van der Waals surface area contributed by atoms with E-state index in [1.54, 1.807) is 18.2 Å². The normalized spacial score (nSPS) is 12.5. The molecule has 0 saturated carbocycles. The van der Waals surface area contributed by atoms with Gasteiger partial charge in [0.15, 0.2) is 0 Å². The largest absolute Gasteiger partial charge is 0.326 e. The van der Waals surface area contributed by atoms with Gasteiger partial charge in [-0.25, -0.2) is 12.8 Å². The highest BCUT2D eigenvalue weighted by atomic mass is 35.5. The van der Waals surface area contributed by atoms with Gasteiger partial charge in [0.25, 0.3) is 0 Å². The predicted molar refractivity (Wildman–Crippen MR) is 97.8 cm³/mol. The fourth-order valence-corrected chi connectivity index (χ4v) is 3.67.